The molecule has 0 radical (unpaired) electrons. The molecule has 1 atom stereocenters. The zero-order chi connectivity index (χ0) is 20.5. The first-order valence-corrected chi connectivity index (χ1v) is 8.97. The Morgan fingerprint density at radius 3 is 2.55 bits per heavy atom. The number of esters is 1. The minimum absolute atomic E-state index is 0.367. The summed E-state index contributed by atoms with van der Waals surface area (Å²) < 4.78 is 7.41. The third-order valence-electron chi connectivity index (χ3n) is 4.83. The molecule has 146 valence electrons. The quantitative estimate of drug-likeness (QED) is 0.427. The minimum atomic E-state index is -0.628. The zero-order valence-electron chi connectivity index (χ0n) is 15.8. The molecule has 29 heavy (non-hydrogen) atoms. The molecule has 0 fully saturated rings. The molecule has 4 aromatic rings. The van der Waals surface area contributed by atoms with Crippen molar-refractivity contribution in [2.45, 2.75) is 13.0 Å². The molecule has 0 saturated carbocycles. The van der Waals surface area contributed by atoms with Gasteiger partial charge in [0.05, 0.1) is 24.2 Å². The molecular weight excluding hydrogens is 372 g/mol. The SMILES string of the molecule is COC(=O)C(C)n1cc(C=Nn2c(=O)[nH]c3ccccc3c2=O)c2ccccc21. The van der Waals surface area contributed by atoms with Gasteiger partial charge in [0.1, 0.15) is 6.04 Å². The van der Waals surface area contributed by atoms with Crippen LogP contribution in [0.2, 0.25) is 0 Å². The van der Waals surface area contributed by atoms with Crippen LogP contribution in [0.1, 0.15) is 18.5 Å². The predicted molar refractivity (Wildman–Crippen MR) is 110 cm³/mol. The highest BCUT2D eigenvalue weighted by Crippen LogP contribution is 2.24. The third kappa shape index (κ3) is 3.14. The number of nitrogens with one attached hydrogen (secondary N) is 1. The molecule has 2 heterocycles. The third-order valence-corrected chi connectivity index (χ3v) is 4.83. The van der Waals surface area contributed by atoms with E-state index in [0.717, 1.165) is 15.6 Å². The smallest absolute Gasteiger partial charge is 0.349 e. The zero-order valence-corrected chi connectivity index (χ0v) is 15.8. The number of carbonyl (C=O) groups excluding carboxylic acids is 1. The van der Waals surface area contributed by atoms with Gasteiger partial charge in [-0.25, -0.2) is 9.59 Å². The number of para-hydroxylation sites is 2. The topological polar surface area (TPSA) is 98.4 Å². The lowest BCUT2D eigenvalue weighted by molar-refractivity contribution is -0.143. The van der Waals surface area contributed by atoms with E-state index in [0.29, 0.717) is 16.5 Å². The number of ether oxygens (including phenoxy) is 1. The van der Waals surface area contributed by atoms with Gasteiger partial charge in [-0.1, -0.05) is 30.3 Å². The summed E-state index contributed by atoms with van der Waals surface area (Å²) >= 11 is 0. The van der Waals surface area contributed by atoms with Crippen LogP contribution in [0.5, 0.6) is 0 Å². The van der Waals surface area contributed by atoms with Crippen LogP contribution in [0.3, 0.4) is 0 Å². The number of H-pyrrole nitrogens is 1. The molecule has 1 unspecified atom stereocenters. The molecule has 0 amide bonds. The van der Waals surface area contributed by atoms with E-state index in [1.807, 2.05) is 24.3 Å². The van der Waals surface area contributed by atoms with Gasteiger partial charge >= 0.3 is 11.7 Å². The van der Waals surface area contributed by atoms with Crippen molar-refractivity contribution in [3.8, 4) is 0 Å². The van der Waals surface area contributed by atoms with Crippen LogP contribution in [-0.4, -0.2) is 33.5 Å². The molecule has 1 N–H and O–H groups in total. The maximum Gasteiger partial charge on any atom is 0.349 e. The van der Waals surface area contributed by atoms with Crippen LogP contribution in [0.15, 0.2) is 69.4 Å². The number of methoxy groups -OCH3 is 1. The molecule has 8 nitrogen and oxygen atoms in total. The average Bonchev–Trinajstić information content (AvgIpc) is 3.11. The van der Waals surface area contributed by atoms with Gasteiger partial charge in [0, 0.05) is 22.7 Å². The van der Waals surface area contributed by atoms with E-state index in [2.05, 4.69) is 10.1 Å². The Morgan fingerprint density at radius 2 is 1.79 bits per heavy atom. The maximum atomic E-state index is 12.6. The Labute approximate surface area is 164 Å². The summed E-state index contributed by atoms with van der Waals surface area (Å²) in [5.41, 5.74) is 0.795. The normalized spacial score (nSPS) is 12.6. The van der Waals surface area contributed by atoms with Crippen LogP contribution >= 0.6 is 0 Å². The first-order chi connectivity index (χ1) is 14.0. The fourth-order valence-corrected chi connectivity index (χ4v) is 3.32. The number of hydrogen-bond acceptors (Lipinski definition) is 5. The van der Waals surface area contributed by atoms with Crippen molar-refractivity contribution in [1.82, 2.24) is 14.2 Å². The number of rotatable bonds is 4. The van der Waals surface area contributed by atoms with E-state index >= 15 is 0 Å². The second-order valence-corrected chi connectivity index (χ2v) is 6.55. The molecule has 2 aromatic heterocycles. The van der Waals surface area contributed by atoms with Crippen molar-refractivity contribution >= 4 is 34.0 Å². The number of benzene rings is 2. The first-order valence-electron chi connectivity index (χ1n) is 8.97. The maximum absolute atomic E-state index is 12.6. The van der Waals surface area contributed by atoms with Gasteiger partial charge in [0.25, 0.3) is 5.56 Å². The summed E-state index contributed by atoms with van der Waals surface area (Å²) in [6.07, 6.45) is 3.18. The van der Waals surface area contributed by atoms with Crippen molar-refractivity contribution in [2.24, 2.45) is 5.10 Å². The monoisotopic (exact) mass is 390 g/mol. The van der Waals surface area contributed by atoms with Crippen molar-refractivity contribution in [3.05, 3.63) is 81.1 Å². The van der Waals surface area contributed by atoms with Crippen LogP contribution in [-0.2, 0) is 9.53 Å². The van der Waals surface area contributed by atoms with E-state index in [1.165, 1.54) is 13.3 Å². The number of aromatic nitrogens is 3. The average molecular weight is 390 g/mol. The molecule has 0 spiro atoms. The van der Waals surface area contributed by atoms with E-state index in [-0.39, 0.29) is 5.97 Å². The largest absolute Gasteiger partial charge is 0.467 e. The van der Waals surface area contributed by atoms with E-state index < -0.39 is 17.3 Å². The van der Waals surface area contributed by atoms with E-state index in [1.54, 1.807) is 42.0 Å². The fourth-order valence-electron chi connectivity index (χ4n) is 3.32. The van der Waals surface area contributed by atoms with Crippen LogP contribution < -0.4 is 11.2 Å². The molecule has 4 rings (SSSR count). The highest BCUT2D eigenvalue weighted by atomic mass is 16.5. The summed E-state index contributed by atoms with van der Waals surface area (Å²) in [6, 6.07) is 13.7. The van der Waals surface area contributed by atoms with Crippen LogP contribution in [0.25, 0.3) is 21.8 Å². The van der Waals surface area contributed by atoms with Gasteiger partial charge in [-0.05, 0) is 25.1 Å². The van der Waals surface area contributed by atoms with Gasteiger partial charge in [-0.15, -0.1) is 4.68 Å². The van der Waals surface area contributed by atoms with Gasteiger partial charge in [-0.2, -0.15) is 5.10 Å². The number of fused-ring (bicyclic) bond motifs is 2. The Bertz CT molecular complexity index is 1380. The number of carbonyl (C=O) groups is 1. The standard InChI is InChI=1S/C21H18N4O4/c1-13(20(27)29-2)24-12-14(15-7-4-6-10-18(15)24)11-22-25-19(26)16-8-3-5-9-17(16)23-21(25)28/h3-13H,1-2H3,(H,23,28). The Hall–Kier alpha value is -3.94. The second kappa shape index (κ2) is 7.23. The summed E-state index contributed by atoms with van der Waals surface area (Å²) in [7, 11) is 1.34. The van der Waals surface area contributed by atoms with Gasteiger partial charge < -0.3 is 14.3 Å². The molecule has 8 heteroatoms. The molecule has 2 aromatic carbocycles. The minimum Gasteiger partial charge on any atom is -0.467 e. The molecular formula is C21H18N4O4. The lowest BCUT2D eigenvalue weighted by Gasteiger charge is -2.12. The Balaban J connectivity index is 1.84. The van der Waals surface area contributed by atoms with Crippen LogP contribution in [0.4, 0.5) is 0 Å². The Kier molecular flexibility index (Phi) is 4.59. The first kappa shape index (κ1) is 18.4. The Morgan fingerprint density at radius 1 is 1.10 bits per heavy atom. The lowest BCUT2D eigenvalue weighted by atomic mass is 10.2. The lowest BCUT2D eigenvalue weighted by Crippen LogP contribution is -2.32. The highest BCUT2D eigenvalue weighted by molar-refractivity contribution is 6.00. The second-order valence-electron chi connectivity index (χ2n) is 6.55. The molecule has 0 aliphatic heterocycles. The fraction of sp³-hybridized carbons (Fsp3) is 0.143. The number of aromatic amines is 1. The molecule has 0 aliphatic carbocycles. The summed E-state index contributed by atoms with van der Waals surface area (Å²) in [5, 5.41) is 5.32. The summed E-state index contributed by atoms with van der Waals surface area (Å²) in [6.45, 7) is 1.73. The molecule has 0 saturated heterocycles. The van der Waals surface area contributed by atoms with Crippen molar-refractivity contribution in [3.63, 3.8) is 0 Å². The number of nitrogens with zero attached hydrogens (tertiary/aromatic N) is 3. The van der Waals surface area contributed by atoms with Gasteiger partial charge in [-0.3, -0.25) is 4.79 Å². The summed E-state index contributed by atoms with van der Waals surface area (Å²) in [5.74, 6) is -0.378. The highest BCUT2D eigenvalue weighted by Gasteiger charge is 2.18. The molecule has 0 bridgehead atoms. The van der Waals surface area contributed by atoms with Gasteiger partial charge in [0.15, 0.2) is 0 Å². The molecule has 0 aliphatic rings. The summed E-state index contributed by atoms with van der Waals surface area (Å²) in [4.78, 5) is 39.6. The van der Waals surface area contributed by atoms with Crippen molar-refractivity contribution in [1.29, 1.82) is 0 Å². The van der Waals surface area contributed by atoms with Crippen molar-refractivity contribution < 1.29 is 9.53 Å². The van der Waals surface area contributed by atoms with Crippen LogP contribution in [0, 0.1) is 0 Å². The predicted octanol–water partition coefficient (Wildman–Crippen LogP) is 2.26. The van der Waals surface area contributed by atoms with Crippen molar-refractivity contribution in [2.75, 3.05) is 7.11 Å². The van der Waals surface area contributed by atoms with E-state index in [4.69, 9.17) is 4.74 Å². The van der Waals surface area contributed by atoms with E-state index in [9.17, 15) is 14.4 Å². The van der Waals surface area contributed by atoms with Gasteiger partial charge in [0.2, 0.25) is 0 Å². The number of hydrogen-bond donors (Lipinski definition) is 1.